The third-order valence-electron chi connectivity index (χ3n) is 4.04. The molecule has 0 bridgehead atoms. The molecule has 0 unspecified atom stereocenters. The first-order valence-corrected chi connectivity index (χ1v) is 9.27. The van der Waals surface area contributed by atoms with Crippen LogP contribution in [0.2, 0.25) is 0 Å². The highest BCUT2D eigenvalue weighted by Crippen LogP contribution is 2.20. The van der Waals surface area contributed by atoms with Gasteiger partial charge < -0.3 is 14.6 Å². The van der Waals surface area contributed by atoms with E-state index < -0.39 is 5.97 Å². The molecule has 30 heavy (non-hydrogen) atoms. The van der Waals surface area contributed by atoms with E-state index in [1.54, 1.807) is 38.4 Å². The monoisotopic (exact) mass is 406 g/mol. The summed E-state index contributed by atoms with van der Waals surface area (Å²) < 4.78 is 11.4. The largest absolute Gasteiger partial charge is 0.490 e. The van der Waals surface area contributed by atoms with Crippen LogP contribution >= 0.6 is 0 Å². The van der Waals surface area contributed by atoms with Crippen LogP contribution in [0.4, 0.5) is 0 Å². The second-order valence-electron chi connectivity index (χ2n) is 6.51. The van der Waals surface area contributed by atoms with Gasteiger partial charge in [0.2, 0.25) is 0 Å². The Bertz CT molecular complexity index is 1060. The Morgan fingerprint density at radius 3 is 2.20 bits per heavy atom. The van der Waals surface area contributed by atoms with Crippen LogP contribution in [0.25, 0.3) is 10.8 Å². The van der Waals surface area contributed by atoms with E-state index in [0.717, 1.165) is 16.5 Å². The molecule has 0 aromatic heterocycles. The van der Waals surface area contributed by atoms with Gasteiger partial charge in [0.15, 0.2) is 5.71 Å². The average Bonchev–Trinajstić information content (AvgIpc) is 2.74. The predicted octanol–water partition coefficient (Wildman–Crippen LogP) is 4.02. The highest BCUT2D eigenvalue weighted by Gasteiger charge is 2.13. The van der Waals surface area contributed by atoms with Crippen LogP contribution in [0, 0.1) is 0 Å². The van der Waals surface area contributed by atoms with E-state index in [1.807, 2.05) is 36.4 Å². The van der Waals surface area contributed by atoms with Crippen LogP contribution in [0.15, 0.2) is 82.3 Å². The number of hydrogen-bond acceptors (Lipinski definition) is 5. The molecule has 0 atom stereocenters. The van der Waals surface area contributed by atoms with Crippen LogP contribution < -0.4 is 9.47 Å². The number of carboxylic acid groups (broad SMARTS) is 1. The molecule has 8 nitrogen and oxygen atoms in total. The van der Waals surface area contributed by atoms with Gasteiger partial charge in [-0.3, -0.25) is 5.01 Å². The lowest BCUT2D eigenvalue weighted by molar-refractivity contribution is -0.129. The molecule has 0 saturated carbocycles. The quantitative estimate of drug-likeness (QED) is 0.251. The van der Waals surface area contributed by atoms with E-state index in [1.165, 1.54) is 5.01 Å². The Labute approximate surface area is 174 Å². The summed E-state index contributed by atoms with van der Waals surface area (Å²) in [6, 6.07) is 20.6. The summed E-state index contributed by atoms with van der Waals surface area (Å²) in [6.45, 7) is 0.732. The Hall–Kier alpha value is -3.94. The maximum Gasteiger partial charge on any atom is 0.357 e. The zero-order valence-corrected chi connectivity index (χ0v) is 16.7. The topological polar surface area (TPSA) is 96.1 Å². The van der Waals surface area contributed by atoms with Crippen molar-refractivity contribution in [2.45, 2.75) is 0 Å². The van der Waals surface area contributed by atoms with Gasteiger partial charge in [0, 0.05) is 19.7 Å². The predicted molar refractivity (Wildman–Crippen MR) is 114 cm³/mol. The normalized spacial score (nSPS) is 11.6. The van der Waals surface area contributed by atoms with E-state index in [9.17, 15) is 9.90 Å². The van der Waals surface area contributed by atoms with Crippen molar-refractivity contribution in [3.63, 3.8) is 0 Å². The van der Waals surface area contributed by atoms with Crippen molar-refractivity contribution in [3.05, 3.63) is 72.3 Å². The van der Waals surface area contributed by atoms with Gasteiger partial charge in [0.1, 0.15) is 24.7 Å². The van der Waals surface area contributed by atoms with Gasteiger partial charge in [-0.05, 0) is 52.4 Å². The third kappa shape index (κ3) is 5.78. The van der Waals surface area contributed by atoms with Crippen LogP contribution in [0.5, 0.6) is 11.5 Å². The molecule has 0 fully saturated rings. The SMILES string of the molecule is CN(C)/N=N/N=C(/C(=O)O)c1ccc(OCCOc2ccc3ccccc3c2)cc1. The molecule has 8 heteroatoms. The van der Waals surface area contributed by atoms with Gasteiger partial charge in [-0.25, -0.2) is 4.79 Å². The maximum absolute atomic E-state index is 11.4. The van der Waals surface area contributed by atoms with Crippen LogP contribution in [0.3, 0.4) is 0 Å². The highest BCUT2D eigenvalue weighted by atomic mass is 16.5. The summed E-state index contributed by atoms with van der Waals surface area (Å²) in [5, 5.41) is 23.8. The molecule has 0 aliphatic heterocycles. The summed E-state index contributed by atoms with van der Waals surface area (Å²) in [5.74, 6) is 0.188. The fraction of sp³-hybridized carbons (Fsp3) is 0.182. The molecule has 0 aliphatic rings. The van der Waals surface area contributed by atoms with Gasteiger partial charge in [0.05, 0.1) is 0 Å². The number of carboxylic acids is 1. The van der Waals surface area contributed by atoms with Crippen molar-refractivity contribution in [3.8, 4) is 11.5 Å². The lowest BCUT2D eigenvalue weighted by Gasteiger charge is -2.09. The Kier molecular flexibility index (Phi) is 6.94. The lowest BCUT2D eigenvalue weighted by atomic mass is 10.1. The average molecular weight is 406 g/mol. The minimum Gasteiger partial charge on any atom is -0.490 e. The minimum absolute atomic E-state index is 0.202. The van der Waals surface area contributed by atoms with Crippen molar-refractivity contribution in [2.24, 2.45) is 15.5 Å². The maximum atomic E-state index is 11.4. The summed E-state index contributed by atoms with van der Waals surface area (Å²) in [7, 11) is 3.32. The fourth-order valence-corrected chi connectivity index (χ4v) is 2.65. The molecule has 0 heterocycles. The molecule has 0 amide bonds. The second kappa shape index (κ2) is 10.0. The summed E-state index contributed by atoms with van der Waals surface area (Å²) in [6.07, 6.45) is 0. The number of benzene rings is 3. The fourth-order valence-electron chi connectivity index (χ4n) is 2.65. The Morgan fingerprint density at radius 2 is 1.53 bits per heavy atom. The first-order chi connectivity index (χ1) is 14.5. The van der Waals surface area contributed by atoms with Crippen LogP contribution in [-0.4, -0.2) is 49.1 Å². The number of rotatable bonds is 9. The van der Waals surface area contributed by atoms with Crippen molar-refractivity contribution in [1.29, 1.82) is 0 Å². The smallest absolute Gasteiger partial charge is 0.357 e. The zero-order valence-electron chi connectivity index (χ0n) is 16.7. The molecule has 0 radical (unpaired) electrons. The van der Waals surface area contributed by atoms with Crippen molar-refractivity contribution >= 4 is 22.5 Å². The second-order valence-corrected chi connectivity index (χ2v) is 6.51. The molecule has 1 N–H and O–H groups in total. The Balaban J connectivity index is 1.54. The molecule has 154 valence electrons. The van der Waals surface area contributed by atoms with E-state index in [0.29, 0.717) is 24.5 Å². The molecule has 3 rings (SSSR count). The summed E-state index contributed by atoms with van der Waals surface area (Å²) >= 11 is 0. The highest BCUT2D eigenvalue weighted by molar-refractivity contribution is 6.42. The molecule has 3 aromatic rings. The standard InChI is InChI=1S/C22H22N4O4/c1-26(2)25-24-23-21(22(27)28)17-8-10-19(11-9-17)29-13-14-30-20-12-7-16-5-3-4-6-18(16)15-20/h3-12,15H,13-14H2,1-2H3,(H,27,28)/b23-21+,25-24+. The molecule has 0 aliphatic carbocycles. The minimum atomic E-state index is -1.19. The number of aliphatic carboxylic acids is 1. The summed E-state index contributed by atoms with van der Waals surface area (Å²) in [5.41, 5.74) is 0.201. The van der Waals surface area contributed by atoms with E-state index in [-0.39, 0.29) is 5.71 Å². The lowest BCUT2D eigenvalue weighted by Crippen LogP contribution is -2.14. The van der Waals surface area contributed by atoms with Crippen molar-refractivity contribution in [2.75, 3.05) is 27.3 Å². The van der Waals surface area contributed by atoms with E-state index in [2.05, 4.69) is 21.6 Å². The van der Waals surface area contributed by atoms with Gasteiger partial charge in [0.25, 0.3) is 0 Å². The van der Waals surface area contributed by atoms with Gasteiger partial charge >= 0.3 is 5.97 Å². The third-order valence-corrected chi connectivity index (χ3v) is 4.04. The number of fused-ring (bicyclic) bond motifs is 1. The van der Waals surface area contributed by atoms with Crippen LogP contribution in [0.1, 0.15) is 5.56 Å². The van der Waals surface area contributed by atoms with Crippen molar-refractivity contribution in [1.82, 2.24) is 5.01 Å². The van der Waals surface area contributed by atoms with Crippen LogP contribution in [-0.2, 0) is 4.79 Å². The first-order valence-electron chi connectivity index (χ1n) is 9.27. The van der Waals surface area contributed by atoms with E-state index in [4.69, 9.17) is 9.47 Å². The number of nitrogens with zero attached hydrogens (tertiary/aromatic N) is 4. The molecule has 3 aromatic carbocycles. The van der Waals surface area contributed by atoms with Gasteiger partial charge in [-0.2, -0.15) is 0 Å². The molecule has 0 spiro atoms. The van der Waals surface area contributed by atoms with Gasteiger partial charge in [-0.15, -0.1) is 5.10 Å². The van der Waals surface area contributed by atoms with E-state index >= 15 is 0 Å². The molecule has 0 saturated heterocycles. The molecular formula is C22H22N4O4. The number of ether oxygens (including phenoxy) is 2. The molecular weight excluding hydrogens is 384 g/mol. The zero-order chi connectivity index (χ0) is 21.3. The Morgan fingerprint density at radius 1 is 0.900 bits per heavy atom. The first kappa shape index (κ1) is 20.8. The number of hydrogen-bond donors (Lipinski definition) is 1. The van der Waals surface area contributed by atoms with Crippen molar-refractivity contribution < 1.29 is 19.4 Å². The number of carbonyl (C=O) groups is 1. The summed E-state index contributed by atoms with van der Waals surface area (Å²) in [4.78, 5) is 11.4. The van der Waals surface area contributed by atoms with Gasteiger partial charge in [-0.1, -0.05) is 35.6 Å².